The molecule has 1 saturated heterocycles. The molecule has 1 aliphatic rings. The summed E-state index contributed by atoms with van der Waals surface area (Å²) < 4.78 is 10.9. The summed E-state index contributed by atoms with van der Waals surface area (Å²) in [4.78, 5) is 12.0. The normalized spacial score (nSPS) is 26.9. The first-order valence-electron chi connectivity index (χ1n) is 6.04. The van der Waals surface area contributed by atoms with Gasteiger partial charge in [0.2, 0.25) is 0 Å². The monoisotopic (exact) mass is 234 g/mol. The third-order valence-corrected chi connectivity index (χ3v) is 3.01. The Labute approximate surface area is 102 Å². The zero-order valence-electron chi connectivity index (χ0n) is 10.5. The summed E-state index contributed by atoms with van der Waals surface area (Å²) in [6.45, 7) is 5.65. The van der Waals surface area contributed by atoms with Crippen molar-refractivity contribution in [2.75, 3.05) is 0 Å². The van der Waals surface area contributed by atoms with Gasteiger partial charge in [-0.15, -0.1) is 0 Å². The van der Waals surface area contributed by atoms with E-state index >= 15 is 0 Å². The SMILES string of the molecule is CCC1(C(=O)OC(C)C)OC1c1ccccc1. The van der Waals surface area contributed by atoms with Crippen LogP contribution in [0.4, 0.5) is 0 Å². The van der Waals surface area contributed by atoms with Crippen LogP contribution in [0.5, 0.6) is 0 Å². The number of hydrogen-bond acceptors (Lipinski definition) is 3. The maximum Gasteiger partial charge on any atom is 0.341 e. The fourth-order valence-corrected chi connectivity index (χ4v) is 2.02. The molecule has 0 saturated carbocycles. The summed E-state index contributed by atoms with van der Waals surface area (Å²) in [5, 5.41) is 0. The lowest BCUT2D eigenvalue weighted by molar-refractivity contribution is -0.154. The number of epoxide rings is 1. The molecule has 0 radical (unpaired) electrons. The Hall–Kier alpha value is -1.35. The average Bonchev–Trinajstić information content (AvgIpc) is 3.05. The van der Waals surface area contributed by atoms with E-state index in [1.807, 2.05) is 51.1 Å². The van der Waals surface area contributed by atoms with Crippen LogP contribution in [0.2, 0.25) is 0 Å². The second-order valence-electron chi connectivity index (χ2n) is 4.61. The third-order valence-electron chi connectivity index (χ3n) is 3.01. The van der Waals surface area contributed by atoms with Gasteiger partial charge in [0.15, 0.2) is 5.60 Å². The van der Waals surface area contributed by atoms with E-state index in [0.29, 0.717) is 6.42 Å². The van der Waals surface area contributed by atoms with Crippen molar-refractivity contribution < 1.29 is 14.3 Å². The second kappa shape index (κ2) is 4.49. The van der Waals surface area contributed by atoms with Crippen molar-refractivity contribution in [2.45, 2.75) is 45.0 Å². The molecule has 2 unspecified atom stereocenters. The van der Waals surface area contributed by atoms with Crippen molar-refractivity contribution in [3.63, 3.8) is 0 Å². The fourth-order valence-electron chi connectivity index (χ4n) is 2.02. The number of rotatable bonds is 4. The van der Waals surface area contributed by atoms with Gasteiger partial charge < -0.3 is 9.47 Å². The zero-order valence-corrected chi connectivity index (χ0v) is 10.5. The van der Waals surface area contributed by atoms with Crippen LogP contribution >= 0.6 is 0 Å². The molecule has 92 valence electrons. The highest BCUT2D eigenvalue weighted by Crippen LogP contribution is 2.52. The molecule has 0 amide bonds. The predicted octanol–water partition coefficient (Wildman–Crippen LogP) is 2.86. The van der Waals surface area contributed by atoms with Gasteiger partial charge in [0.1, 0.15) is 6.10 Å². The Morgan fingerprint density at radius 3 is 2.59 bits per heavy atom. The standard InChI is InChI=1S/C14H18O3/c1-4-14(13(15)16-10(2)3)12(17-14)11-8-6-5-7-9-11/h5-10,12H,4H2,1-3H3. The van der Waals surface area contributed by atoms with Crippen LogP contribution < -0.4 is 0 Å². The maximum atomic E-state index is 12.0. The minimum atomic E-state index is -0.758. The van der Waals surface area contributed by atoms with Crippen LogP contribution in [0.15, 0.2) is 30.3 Å². The van der Waals surface area contributed by atoms with Crippen molar-refractivity contribution in [2.24, 2.45) is 0 Å². The molecule has 1 fully saturated rings. The largest absolute Gasteiger partial charge is 0.461 e. The summed E-state index contributed by atoms with van der Waals surface area (Å²) in [5.74, 6) is -0.246. The first-order chi connectivity index (χ1) is 8.10. The van der Waals surface area contributed by atoms with Crippen LogP contribution in [0.3, 0.4) is 0 Å². The van der Waals surface area contributed by atoms with Crippen molar-refractivity contribution in [3.05, 3.63) is 35.9 Å². The summed E-state index contributed by atoms with van der Waals surface area (Å²) in [5.41, 5.74) is 0.279. The Morgan fingerprint density at radius 1 is 1.41 bits per heavy atom. The second-order valence-corrected chi connectivity index (χ2v) is 4.61. The summed E-state index contributed by atoms with van der Waals surface area (Å²) in [6, 6.07) is 9.80. The van der Waals surface area contributed by atoms with Crippen molar-refractivity contribution in [3.8, 4) is 0 Å². The van der Waals surface area contributed by atoms with Gasteiger partial charge in [-0.25, -0.2) is 4.79 Å². The maximum absolute atomic E-state index is 12.0. The first-order valence-corrected chi connectivity index (χ1v) is 6.04. The molecular formula is C14H18O3. The highest BCUT2D eigenvalue weighted by atomic mass is 16.7. The summed E-state index contributed by atoms with van der Waals surface area (Å²) in [7, 11) is 0. The minimum absolute atomic E-state index is 0.105. The van der Waals surface area contributed by atoms with E-state index in [-0.39, 0.29) is 18.2 Å². The van der Waals surface area contributed by atoms with Crippen LogP contribution in [0, 0.1) is 0 Å². The van der Waals surface area contributed by atoms with Crippen LogP contribution in [0.25, 0.3) is 0 Å². The van der Waals surface area contributed by atoms with Gasteiger partial charge in [-0.05, 0) is 25.8 Å². The number of ether oxygens (including phenoxy) is 2. The number of carbonyl (C=O) groups is 1. The number of benzene rings is 1. The molecule has 1 heterocycles. The molecular weight excluding hydrogens is 216 g/mol. The fraction of sp³-hybridized carbons (Fsp3) is 0.500. The number of hydrogen-bond donors (Lipinski definition) is 0. The molecule has 1 aromatic rings. The average molecular weight is 234 g/mol. The van der Waals surface area contributed by atoms with Crippen molar-refractivity contribution in [1.82, 2.24) is 0 Å². The molecule has 0 N–H and O–H groups in total. The minimum Gasteiger partial charge on any atom is -0.461 e. The molecule has 2 atom stereocenters. The molecule has 2 rings (SSSR count). The molecule has 0 aliphatic carbocycles. The van der Waals surface area contributed by atoms with Gasteiger partial charge in [0.05, 0.1) is 6.10 Å². The van der Waals surface area contributed by atoms with Gasteiger partial charge in [0.25, 0.3) is 0 Å². The van der Waals surface area contributed by atoms with E-state index < -0.39 is 5.60 Å². The topological polar surface area (TPSA) is 38.8 Å². The van der Waals surface area contributed by atoms with Crippen LogP contribution in [-0.2, 0) is 14.3 Å². The molecule has 0 bridgehead atoms. The smallest absolute Gasteiger partial charge is 0.341 e. The van der Waals surface area contributed by atoms with E-state index in [1.165, 1.54) is 0 Å². The third kappa shape index (κ3) is 2.20. The van der Waals surface area contributed by atoms with Gasteiger partial charge in [-0.2, -0.15) is 0 Å². The van der Waals surface area contributed by atoms with Gasteiger partial charge in [0, 0.05) is 0 Å². The van der Waals surface area contributed by atoms with Gasteiger partial charge >= 0.3 is 5.97 Å². The highest BCUT2D eigenvalue weighted by Gasteiger charge is 2.63. The van der Waals surface area contributed by atoms with E-state index in [2.05, 4.69) is 0 Å². The Bertz CT molecular complexity index is 399. The van der Waals surface area contributed by atoms with E-state index in [9.17, 15) is 4.79 Å². The van der Waals surface area contributed by atoms with E-state index in [4.69, 9.17) is 9.47 Å². The lowest BCUT2D eigenvalue weighted by atomic mass is 9.97. The Morgan fingerprint density at radius 2 is 2.06 bits per heavy atom. The highest BCUT2D eigenvalue weighted by molar-refractivity contribution is 5.84. The molecule has 3 heteroatoms. The Kier molecular flexibility index (Phi) is 3.20. The molecule has 3 nitrogen and oxygen atoms in total. The summed E-state index contributed by atoms with van der Waals surface area (Å²) in [6.07, 6.45) is 0.379. The lowest BCUT2D eigenvalue weighted by Crippen LogP contribution is -2.29. The van der Waals surface area contributed by atoms with Crippen molar-refractivity contribution in [1.29, 1.82) is 0 Å². The van der Waals surface area contributed by atoms with Crippen LogP contribution in [-0.4, -0.2) is 17.7 Å². The van der Waals surface area contributed by atoms with Gasteiger partial charge in [-0.1, -0.05) is 37.3 Å². The number of esters is 1. The van der Waals surface area contributed by atoms with Crippen LogP contribution in [0.1, 0.15) is 38.9 Å². The predicted molar refractivity (Wildman–Crippen MR) is 64.5 cm³/mol. The zero-order chi connectivity index (χ0) is 12.5. The molecule has 1 aromatic carbocycles. The Balaban J connectivity index is 2.13. The van der Waals surface area contributed by atoms with E-state index in [0.717, 1.165) is 5.56 Å². The molecule has 0 spiro atoms. The quantitative estimate of drug-likeness (QED) is 0.594. The molecule has 17 heavy (non-hydrogen) atoms. The van der Waals surface area contributed by atoms with Gasteiger partial charge in [-0.3, -0.25) is 0 Å². The summed E-state index contributed by atoms with van der Waals surface area (Å²) >= 11 is 0. The molecule has 1 aliphatic heterocycles. The van der Waals surface area contributed by atoms with Crippen molar-refractivity contribution >= 4 is 5.97 Å². The number of carbonyl (C=O) groups excluding carboxylic acids is 1. The van der Waals surface area contributed by atoms with E-state index in [1.54, 1.807) is 0 Å². The first kappa shape index (κ1) is 12.1. The molecule has 0 aromatic heterocycles. The lowest BCUT2D eigenvalue weighted by Gasteiger charge is -2.13.